The van der Waals surface area contributed by atoms with Crippen LogP contribution in [0.2, 0.25) is 0 Å². The van der Waals surface area contributed by atoms with E-state index in [0.717, 1.165) is 5.56 Å². The van der Waals surface area contributed by atoms with E-state index in [1.165, 1.54) is 6.92 Å². The molecule has 0 aliphatic heterocycles. The summed E-state index contributed by atoms with van der Waals surface area (Å²) in [5.74, 6) is -0.226. The number of benzene rings is 1. The molecule has 1 aromatic carbocycles. The van der Waals surface area contributed by atoms with Gasteiger partial charge in [0.15, 0.2) is 18.2 Å². The Morgan fingerprint density at radius 1 is 1.10 bits per heavy atom. The normalized spacial score (nSPS) is 10.1. The Kier molecular flexibility index (Phi) is 4.25. The molecule has 0 bridgehead atoms. The lowest BCUT2D eigenvalue weighted by Gasteiger charge is -2.07. The molecule has 1 N–H and O–H groups in total. The van der Waals surface area contributed by atoms with Crippen molar-refractivity contribution in [2.24, 2.45) is 0 Å². The summed E-state index contributed by atoms with van der Waals surface area (Å²) in [5, 5.41) is 2.77. The van der Waals surface area contributed by atoms with Crippen LogP contribution in [0.5, 0.6) is 0 Å². The molecule has 0 spiro atoms. The van der Waals surface area contributed by atoms with Gasteiger partial charge in [0.05, 0.1) is 5.69 Å². The number of pyridine rings is 1. The summed E-state index contributed by atoms with van der Waals surface area (Å²) in [5.41, 5.74) is 2.22. The average molecular weight is 269 g/mol. The molecule has 1 aromatic heterocycles. The molecule has 1 heterocycles. The van der Waals surface area contributed by atoms with E-state index in [1.807, 2.05) is 31.5 Å². The summed E-state index contributed by atoms with van der Waals surface area (Å²) in [7, 11) is 0. The number of aromatic nitrogens is 1. The fourth-order valence-corrected chi connectivity index (χ4v) is 1.89. The maximum absolute atomic E-state index is 12.0. The zero-order valence-electron chi connectivity index (χ0n) is 11.6. The second-order valence-corrected chi connectivity index (χ2v) is 4.70. The molecule has 0 atom stereocenters. The van der Waals surface area contributed by atoms with Gasteiger partial charge in [-0.05, 0) is 31.5 Å². The standard InChI is InChI=1S/C16H16N2O2/c1-12-7-9-18(10-8-12)11-16(20)17-15-6-4-3-5-14(15)13(2)19/h3-10H,11H2,1-2H3/p+1. The number of anilines is 1. The quantitative estimate of drug-likeness (QED) is 0.683. The monoisotopic (exact) mass is 269 g/mol. The molecule has 2 rings (SSSR count). The molecule has 102 valence electrons. The number of aryl methyl sites for hydroxylation is 1. The predicted octanol–water partition coefficient (Wildman–Crippen LogP) is 2.12. The lowest BCUT2D eigenvalue weighted by molar-refractivity contribution is -0.684. The average Bonchev–Trinajstić information content (AvgIpc) is 2.41. The number of nitrogens with one attached hydrogen (secondary N) is 1. The van der Waals surface area contributed by atoms with Gasteiger partial charge in [-0.2, -0.15) is 4.57 Å². The van der Waals surface area contributed by atoms with Crippen LogP contribution in [0, 0.1) is 6.92 Å². The molecule has 0 unspecified atom stereocenters. The summed E-state index contributed by atoms with van der Waals surface area (Å²) in [4.78, 5) is 23.5. The Morgan fingerprint density at radius 2 is 1.75 bits per heavy atom. The number of para-hydroxylation sites is 1. The molecule has 0 saturated carbocycles. The first-order valence-corrected chi connectivity index (χ1v) is 6.42. The highest BCUT2D eigenvalue weighted by Crippen LogP contribution is 2.15. The molecule has 0 saturated heterocycles. The number of hydrogen-bond donors (Lipinski definition) is 1. The van der Waals surface area contributed by atoms with Gasteiger partial charge in [0.25, 0.3) is 5.91 Å². The molecule has 1 amide bonds. The van der Waals surface area contributed by atoms with Crippen molar-refractivity contribution in [3.8, 4) is 0 Å². The van der Waals surface area contributed by atoms with Gasteiger partial charge in [-0.15, -0.1) is 0 Å². The van der Waals surface area contributed by atoms with Gasteiger partial charge in [-0.25, -0.2) is 0 Å². The molecule has 0 aliphatic carbocycles. The molecule has 2 aromatic rings. The van der Waals surface area contributed by atoms with Crippen molar-refractivity contribution in [3.05, 3.63) is 59.9 Å². The van der Waals surface area contributed by atoms with Crippen molar-refractivity contribution < 1.29 is 14.2 Å². The van der Waals surface area contributed by atoms with E-state index in [-0.39, 0.29) is 18.2 Å². The van der Waals surface area contributed by atoms with Crippen molar-refractivity contribution in [3.63, 3.8) is 0 Å². The summed E-state index contributed by atoms with van der Waals surface area (Å²) in [6.07, 6.45) is 3.71. The number of hydrogen-bond acceptors (Lipinski definition) is 2. The van der Waals surface area contributed by atoms with Crippen molar-refractivity contribution in [1.29, 1.82) is 0 Å². The highest BCUT2D eigenvalue weighted by molar-refractivity contribution is 6.03. The summed E-state index contributed by atoms with van der Waals surface area (Å²) in [6.45, 7) is 3.69. The van der Waals surface area contributed by atoms with Crippen LogP contribution in [0.4, 0.5) is 5.69 Å². The Bertz CT molecular complexity index is 633. The summed E-state index contributed by atoms with van der Waals surface area (Å²) in [6, 6.07) is 10.9. The van der Waals surface area contributed by atoms with Crippen LogP contribution >= 0.6 is 0 Å². The van der Waals surface area contributed by atoms with E-state index in [1.54, 1.807) is 28.8 Å². The predicted molar refractivity (Wildman–Crippen MR) is 76.5 cm³/mol. The van der Waals surface area contributed by atoms with Crippen LogP contribution in [0.1, 0.15) is 22.8 Å². The number of ketones is 1. The van der Waals surface area contributed by atoms with Crippen molar-refractivity contribution in [2.45, 2.75) is 20.4 Å². The third kappa shape index (κ3) is 3.51. The van der Waals surface area contributed by atoms with E-state index < -0.39 is 0 Å². The lowest BCUT2D eigenvalue weighted by atomic mass is 10.1. The number of amides is 1. The maximum Gasteiger partial charge on any atom is 0.290 e. The first kappa shape index (κ1) is 13.9. The van der Waals surface area contributed by atoms with Crippen LogP contribution < -0.4 is 9.88 Å². The second kappa shape index (κ2) is 6.10. The van der Waals surface area contributed by atoms with Crippen LogP contribution in [-0.4, -0.2) is 11.7 Å². The SMILES string of the molecule is CC(=O)c1ccccc1NC(=O)C[n+]1ccc(C)cc1. The van der Waals surface area contributed by atoms with Crippen molar-refractivity contribution in [2.75, 3.05) is 5.32 Å². The van der Waals surface area contributed by atoms with Crippen LogP contribution in [0.3, 0.4) is 0 Å². The lowest BCUT2D eigenvalue weighted by Crippen LogP contribution is -2.39. The first-order valence-electron chi connectivity index (χ1n) is 6.42. The van der Waals surface area contributed by atoms with E-state index >= 15 is 0 Å². The van der Waals surface area contributed by atoms with E-state index in [9.17, 15) is 9.59 Å². The molecule has 20 heavy (non-hydrogen) atoms. The molecular formula is C16H17N2O2+. The van der Waals surface area contributed by atoms with Crippen LogP contribution in [-0.2, 0) is 11.3 Å². The Hall–Kier alpha value is -2.49. The zero-order valence-corrected chi connectivity index (χ0v) is 11.6. The molecule has 0 radical (unpaired) electrons. The number of nitrogens with zero attached hydrogens (tertiary/aromatic N) is 1. The molecule has 4 nitrogen and oxygen atoms in total. The van der Waals surface area contributed by atoms with Crippen LogP contribution in [0.25, 0.3) is 0 Å². The highest BCUT2D eigenvalue weighted by Gasteiger charge is 2.12. The summed E-state index contributed by atoms with van der Waals surface area (Å²) < 4.78 is 1.79. The maximum atomic E-state index is 12.0. The Morgan fingerprint density at radius 3 is 2.40 bits per heavy atom. The number of carbonyl (C=O) groups is 2. The fourth-order valence-electron chi connectivity index (χ4n) is 1.89. The minimum Gasteiger partial charge on any atom is -0.320 e. The smallest absolute Gasteiger partial charge is 0.290 e. The Balaban J connectivity index is 2.08. The van der Waals surface area contributed by atoms with Gasteiger partial charge in [0.1, 0.15) is 0 Å². The molecule has 0 aliphatic rings. The fraction of sp³-hybridized carbons (Fsp3) is 0.188. The van der Waals surface area contributed by atoms with Gasteiger partial charge >= 0.3 is 0 Å². The molecule has 0 fully saturated rings. The minimum atomic E-state index is -0.160. The third-order valence-corrected chi connectivity index (χ3v) is 2.96. The number of rotatable bonds is 4. The van der Waals surface area contributed by atoms with E-state index in [4.69, 9.17) is 0 Å². The number of carbonyl (C=O) groups excluding carboxylic acids is 2. The van der Waals surface area contributed by atoms with Crippen molar-refractivity contribution >= 4 is 17.4 Å². The van der Waals surface area contributed by atoms with Crippen LogP contribution in [0.15, 0.2) is 48.8 Å². The Labute approximate surface area is 118 Å². The number of Topliss-reactive ketones (excluding diaryl/α,β-unsaturated/α-hetero) is 1. The van der Waals surface area contributed by atoms with Crippen molar-refractivity contribution in [1.82, 2.24) is 0 Å². The van der Waals surface area contributed by atoms with Gasteiger partial charge in [0, 0.05) is 17.7 Å². The first-order chi connectivity index (χ1) is 9.56. The minimum absolute atomic E-state index is 0.0658. The summed E-state index contributed by atoms with van der Waals surface area (Å²) >= 11 is 0. The van der Waals surface area contributed by atoms with Gasteiger partial charge in [0.2, 0.25) is 6.54 Å². The highest BCUT2D eigenvalue weighted by atomic mass is 16.2. The van der Waals surface area contributed by atoms with E-state index in [0.29, 0.717) is 11.3 Å². The van der Waals surface area contributed by atoms with Gasteiger partial charge in [-0.3, -0.25) is 9.59 Å². The van der Waals surface area contributed by atoms with Gasteiger partial charge in [-0.1, -0.05) is 12.1 Å². The zero-order chi connectivity index (χ0) is 14.5. The van der Waals surface area contributed by atoms with E-state index in [2.05, 4.69) is 5.32 Å². The molecular weight excluding hydrogens is 252 g/mol. The van der Waals surface area contributed by atoms with Gasteiger partial charge < -0.3 is 5.32 Å². The molecule has 4 heteroatoms. The topological polar surface area (TPSA) is 50.1 Å². The second-order valence-electron chi connectivity index (χ2n) is 4.70. The third-order valence-electron chi connectivity index (χ3n) is 2.96. The largest absolute Gasteiger partial charge is 0.320 e.